The molecule has 6 heteroatoms. The van der Waals surface area contributed by atoms with E-state index in [2.05, 4.69) is 44.5 Å². The molecule has 2 aromatic rings. The molecule has 1 spiro atoms. The van der Waals surface area contributed by atoms with Gasteiger partial charge in [0, 0.05) is 25.7 Å². The van der Waals surface area contributed by atoms with E-state index in [0.29, 0.717) is 19.6 Å². The van der Waals surface area contributed by atoms with Crippen LogP contribution in [0.5, 0.6) is 0 Å². The van der Waals surface area contributed by atoms with Gasteiger partial charge >= 0.3 is 0 Å². The molecule has 1 saturated carbocycles. The number of carbonyl (C=O) groups excluding carboxylic acids is 1. The number of fused-ring (bicyclic) bond motifs is 2. The fourth-order valence-corrected chi connectivity index (χ4v) is 4.53. The van der Waals surface area contributed by atoms with Crippen LogP contribution in [0.25, 0.3) is 0 Å². The highest BCUT2D eigenvalue weighted by molar-refractivity contribution is 5.81. The normalized spacial score (nSPS) is 26.5. The van der Waals surface area contributed by atoms with E-state index in [1.54, 1.807) is 12.4 Å². The number of aromatic nitrogens is 2. The number of hydrogen-bond donors (Lipinski definition) is 1. The third-order valence-corrected chi connectivity index (χ3v) is 6.28. The predicted molar refractivity (Wildman–Crippen MR) is 104 cm³/mol. The average Bonchev–Trinajstić information content (AvgIpc) is 3.33. The summed E-state index contributed by atoms with van der Waals surface area (Å²) in [6, 6.07) is 8.64. The molecule has 1 aromatic heterocycles. The zero-order chi connectivity index (χ0) is 19.1. The Hall–Kier alpha value is -2.31. The Balaban J connectivity index is 1.30. The van der Waals surface area contributed by atoms with Crippen LogP contribution in [0.15, 0.2) is 36.7 Å². The van der Waals surface area contributed by atoms with E-state index in [0.717, 1.165) is 30.4 Å². The Labute approximate surface area is 165 Å². The molecule has 1 amide bonds. The molecule has 3 heterocycles. The van der Waals surface area contributed by atoms with Gasteiger partial charge in [0.2, 0.25) is 5.91 Å². The summed E-state index contributed by atoms with van der Waals surface area (Å²) in [6.07, 6.45) is 6.36. The van der Waals surface area contributed by atoms with E-state index in [-0.39, 0.29) is 11.4 Å². The highest BCUT2D eigenvalue weighted by atomic mass is 16.5. The highest BCUT2D eigenvalue weighted by Crippen LogP contribution is 2.48. The Morgan fingerprint density at radius 1 is 1.29 bits per heavy atom. The molecule has 1 aromatic carbocycles. The summed E-state index contributed by atoms with van der Waals surface area (Å²) in [4.78, 5) is 23.9. The Bertz CT molecular complexity index is 880. The van der Waals surface area contributed by atoms with Crippen molar-refractivity contribution in [2.75, 3.05) is 13.2 Å². The van der Waals surface area contributed by atoms with E-state index >= 15 is 0 Å². The molecule has 2 aliphatic heterocycles. The van der Waals surface area contributed by atoms with Crippen molar-refractivity contribution in [1.82, 2.24) is 20.2 Å². The van der Waals surface area contributed by atoms with Crippen LogP contribution in [-0.2, 0) is 28.2 Å². The summed E-state index contributed by atoms with van der Waals surface area (Å²) in [7, 11) is 0. The molecule has 1 aliphatic carbocycles. The molecule has 2 fully saturated rings. The third-order valence-electron chi connectivity index (χ3n) is 6.28. The van der Waals surface area contributed by atoms with Crippen molar-refractivity contribution in [3.05, 3.63) is 59.2 Å². The fraction of sp³-hybridized carbons (Fsp3) is 0.500. The first-order valence-electron chi connectivity index (χ1n) is 10.1. The van der Waals surface area contributed by atoms with Crippen molar-refractivity contribution in [2.24, 2.45) is 5.92 Å². The van der Waals surface area contributed by atoms with Gasteiger partial charge in [0.15, 0.2) is 0 Å². The van der Waals surface area contributed by atoms with Gasteiger partial charge in [0.1, 0.15) is 6.10 Å². The third kappa shape index (κ3) is 3.20. The second-order valence-corrected chi connectivity index (χ2v) is 8.38. The van der Waals surface area contributed by atoms with Gasteiger partial charge in [0.25, 0.3) is 0 Å². The van der Waals surface area contributed by atoms with E-state index in [1.165, 1.54) is 24.0 Å². The van der Waals surface area contributed by atoms with Crippen LogP contribution in [-0.4, -0.2) is 40.0 Å². The number of benzene rings is 1. The molecule has 146 valence electrons. The average molecular weight is 378 g/mol. The number of amides is 1. The number of ether oxygens (including phenoxy) is 1. The van der Waals surface area contributed by atoms with Crippen molar-refractivity contribution in [2.45, 2.75) is 50.9 Å². The molecule has 0 bridgehead atoms. The Morgan fingerprint density at radius 3 is 2.93 bits per heavy atom. The minimum Gasteiger partial charge on any atom is -0.366 e. The Morgan fingerprint density at radius 2 is 2.14 bits per heavy atom. The van der Waals surface area contributed by atoms with Crippen LogP contribution in [0.2, 0.25) is 0 Å². The molecule has 1 N–H and O–H groups in total. The first-order valence-corrected chi connectivity index (χ1v) is 10.1. The van der Waals surface area contributed by atoms with Crippen LogP contribution in [0.4, 0.5) is 0 Å². The zero-order valence-electron chi connectivity index (χ0n) is 16.2. The number of nitrogens with zero attached hydrogens (tertiary/aromatic N) is 3. The molecule has 5 rings (SSSR count). The maximum absolute atomic E-state index is 12.8. The lowest BCUT2D eigenvalue weighted by Crippen LogP contribution is -2.43. The molecule has 28 heavy (non-hydrogen) atoms. The maximum atomic E-state index is 12.8. The molecule has 2 unspecified atom stereocenters. The predicted octanol–water partition coefficient (Wildman–Crippen LogP) is 2.31. The van der Waals surface area contributed by atoms with Crippen molar-refractivity contribution in [1.29, 1.82) is 0 Å². The van der Waals surface area contributed by atoms with Gasteiger partial charge < -0.3 is 10.1 Å². The first-order chi connectivity index (χ1) is 13.6. The number of aryl methyl sites for hydroxylation is 1. The van der Waals surface area contributed by atoms with Crippen LogP contribution in [0, 0.1) is 12.8 Å². The summed E-state index contributed by atoms with van der Waals surface area (Å²) >= 11 is 0. The quantitative estimate of drug-likeness (QED) is 0.865. The van der Waals surface area contributed by atoms with Crippen LogP contribution < -0.4 is 5.32 Å². The van der Waals surface area contributed by atoms with E-state index in [4.69, 9.17) is 4.74 Å². The Kier molecular flexibility index (Phi) is 4.40. The second kappa shape index (κ2) is 6.94. The molecular weight excluding hydrogens is 352 g/mol. The standard InChI is InChI=1S/C22H26N4O2/c1-15-9-24-18(10-23-15)11-25-21(27)20-8-22(14-28-20)19-5-3-2-4-17(19)13-26(22)12-16-6-7-16/h2-5,9-10,16,20H,6-8,11-14H2,1H3,(H,25,27). The monoisotopic (exact) mass is 378 g/mol. The maximum Gasteiger partial charge on any atom is 0.249 e. The molecule has 1 saturated heterocycles. The number of carbonyl (C=O) groups is 1. The van der Waals surface area contributed by atoms with Gasteiger partial charge in [-0.3, -0.25) is 19.7 Å². The van der Waals surface area contributed by atoms with Crippen LogP contribution in [0.1, 0.15) is 41.8 Å². The summed E-state index contributed by atoms with van der Waals surface area (Å²) in [6.45, 7) is 4.92. The van der Waals surface area contributed by atoms with Crippen molar-refractivity contribution in [3.63, 3.8) is 0 Å². The smallest absolute Gasteiger partial charge is 0.249 e. The minimum absolute atomic E-state index is 0.0602. The van der Waals surface area contributed by atoms with Gasteiger partial charge in [-0.1, -0.05) is 24.3 Å². The largest absolute Gasteiger partial charge is 0.366 e. The number of hydrogen-bond acceptors (Lipinski definition) is 5. The van der Waals surface area contributed by atoms with Crippen molar-refractivity contribution < 1.29 is 9.53 Å². The molecule has 3 aliphatic rings. The van der Waals surface area contributed by atoms with Gasteiger partial charge in [-0.25, -0.2) is 0 Å². The minimum atomic E-state index is -0.425. The second-order valence-electron chi connectivity index (χ2n) is 8.38. The first kappa shape index (κ1) is 17.8. The lowest BCUT2D eigenvalue weighted by molar-refractivity contribution is -0.130. The number of nitrogens with one attached hydrogen (secondary N) is 1. The SMILES string of the molecule is Cc1cnc(CNC(=O)C2CC3(CO2)c2ccccc2CN3CC2CC2)cn1. The van der Waals surface area contributed by atoms with E-state index in [9.17, 15) is 4.79 Å². The lowest BCUT2D eigenvalue weighted by atomic mass is 9.86. The van der Waals surface area contributed by atoms with Gasteiger partial charge in [0.05, 0.1) is 36.3 Å². The summed E-state index contributed by atoms with van der Waals surface area (Å²) < 4.78 is 6.06. The summed E-state index contributed by atoms with van der Waals surface area (Å²) in [5, 5.41) is 2.97. The molecule has 6 nitrogen and oxygen atoms in total. The molecule has 2 atom stereocenters. The van der Waals surface area contributed by atoms with Gasteiger partial charge in [-0.15, -0.1) is 0 Å². The van der Waals surface area contributed by atoms with E-state index < -0.39 is 6.10 Å². The number of rotatable bonds is 5. The van der Waals surface area contributed by atoms with Crippen LogP contribution >= 0.6 is 0 Å². The lowest BCUT2D eigenvalue weighted by Gasteiger charge is -2.34. The van der Waals surface area contributed by atoms with Crippen molar-refractivity contribution in [3.8, 4) is 0 Å². The van der Waals surface area contributed by atoms with Gasteiger partial charge in [-0.05, 0) is 36.8 Å². The highest BCUT2D eigenvalue weighted by Gasteiger charge is 2.53. The van der Waals surface area contributed by atoms with Gasteiger partial charge in [-0.2, -0.15) is 0 Å². The summed E-state index contributed by atoms with van der Waals surface area (Å²) in [5.41, 5.74) is 4.18. The topological polar surface area (TPSA) is 67.3 Å². The molecular formula is C22H26N4O2. The zero-order valence-corrected chi connectivity index (χ0v) is 16.2. The van der Waals surface area contributed by atoms with Crippen molar-refractivity contribution >= 4 is 5.91 Å². The van der Waals surface area contributed by atoms with E-state index in [1.807, 2.05) is 6.92 Å². The van der Waals surface area contributed by atoms with Crippen LogP contribution in [0.3, 0.4) is 0 Å². The summed E-state index contributed by atoms with van der Waals surface area (Å²) in [5.74, 6) is 0.745. The fourth-order valence-electron chi connectivity index (χ4n) is 4.53. The molecule has 0 radical (unpaired) electrons.